The number of guanidine groups is 1. The van der Waals surface area contributed by atoms with Gasteiger partial charge in [-0.2, -0.15) is 4.72 Å². The molecule has 0 saturated carbocycles. The van der Waals surface area contributed by atoms with Crippen LogP contribution in [-0.4, -0.2) is 25.5 Å². The molecule has 8 heteroatoms. The van der Waals surface area contributed by atoms with E-state index in [1.54, 1.807) is 37.5 Å². The van der Waals surface area contributed by atoms with E-state index in [2.05, 4.69) is 14.7 Å². The van der Waals surface area contributed by atoms with E-state index in [-0.39, 0.29) is 10.9 Å². The molecule has 0 aliphatic rings. The van der Waals surface area contributed by atoms with Gasteiger partial charge in [0.2, 0.25) is 10.0 Å². The highest BCUT2D eigenvalue weighted by molar-refractivity contribution is 7.89. The van der Waals surface area contributed by atoms with E-state index in [1.165, 1.54) is 6.07 Å². The van der Waals surface area contributed by atoms with Crippen LogP contribution in [0, 0.1) is 0 Å². The predicted molar refractivity (Wildman–Crippen MR) is 77.3 cm³/mol. The molecule has 0 radical (unpaired) electrons. The Bertz CT molecular complexity index is 748. The molecule has 7 nitrogen and oxygen atoms in total. The lowest BCUT2D eigenvalue weighted by molar-refractivity contribution is 0.567. The normalized spacial score (nSPS) is 13.1. The molecule has 1 atom stereocenters. The fourth-order valence-corrected chi connectivity index (χ4v) is 3.23. The van der Waals surface area contributed by atoms with Crippen molar-refractivity contribution in [2.45, 2.75) is 18.0 Å². The molecule has 0 fully saturated rings. The zero-order valence-corrected chi connectivity index (χ0v) is 11.6. The first kappa shape index (κ1) is 14.2. The van der Waals surface area contributed by atoms with Gasteiger partial charge < -0.3 is 11.5 Å². The quantitative estimate of drug-likeness (QED) is 0.546. The summed E-state index contributed by atoms with van der Waals surface area (Å²) in [6.45, 7) is 1.55. The SMILES string of the molecule is CC(N=C(N)N)NS(=O)(=O)c1cccc2cnccc12. The van der Waals surface area contributed by atoms with Gasteiger partial charge in [-0.15, -0.1) is 0 Å². The molecule has 5 N–H and O–H groups in total. The van der Waals surface area contributed by atoms with E-state index in [0.717, 1.165) is 5.39 Å². The number of nitrogens with two attached hydrogens (primary N) is 2. The summed E-state index contributed by atoms with van der Waals surface area (Å²) >= 11 is 0. The number of aliphatic imine (C=N–C) groups is 1. The number of rotatable bonds is 4. The molecule has 20 heavy (non-hydrogen) atoms. The summed E-state index contributed by atoms with van der Waals surface area (Å²) in [6, 6.07) is 6.62. The highest BCUT2D eigenvalue weighted by atomic mass is 32.2. The fraction of sp³-hybridized carbons (Fsp3) is 0.167. The van der Waals surface area contributed by atoms with Crippen molar-refractivity contribution in [2.24, 2.45) is 16.5 Å². The first-order valence-electron chi connectivity index (χ1n) is 5.84. The number of aromatic nitrogens is 1. The van der Waals surface area contributed by atoms with Crippen molar-refractivity contribution in [1.82, 2.24) is 9.71 Å². The molecule has 1 heterocycles. The average molecular weight is 293 g/mol. The van der Waals surface area contributed by atoms with Crippen LogP contribution in [0.15, 0.2) is 46.5 Å². The first-order valence-corrected chi connectivity index (χ1v) is 7.32. The summed E-state index contributed by atoms with van der Waals surface area (Å²) in [4.78, 5) is 7.87. The van der Waals surface area contributed by atoms with Crippen molar-refractivity contribution in [3.63, 3.8) is 0 Å². The maximum Gasteiger partial charge on any atom is 0.242 e. The van der Waals surface area contributed by atoms with Crippen molar-refractivity contribution in [3.05, 3.63) is 36.7 Å². The molecule has 0 spiro atoms. The third-order valence-electron chi connectivity index (χ3n) is 2.60. The van der Waals surface area contributed by atoms with Gasteiger partial charge in [0.1, 0.15) is 6.17 Å². The Morgan fingerprint density at radius 2 is 2.10 bits per heavy atom. The van der Waals surface area contributed by atoms with Crippen molar-refractivity contribution in [1.29, 1.82) is 0 Å². The number of nitrogens with one attached hydrogen (secondary N) is 1. The number of sulfonamides is 1. The van der Waals surface area contributed by atoms with E-state index >= 15 is 0 Å². The van der Waals surface area contributed by atoms with Crippen LogP contribution in [0.4, 0.5) is 0 Å². The van der Waals surface area contributed by atoms with Crippen LogP contribution in [-0.2, 0) is 10.0 Å². The van der Waals surface area contributed by atoms with Gasteiger partial charge >= 0.3 is 0 Å². The Labute approximate surface area is 116 Å². The topological polar surface area (TPSA) is 123 Å². The predicted octanol–water partition coefficient (Wildman–Crippen LogP) is 0.133. The van der Waals surface area contributed by atoms with Gasteiger partial charge in [-0.1, -0.05) is 12.1 Å². The minimum absolute atomic E-state index is 0.162. The minimum atomic E-state index is -3.73. The van der Waals surface area contributed by atoms with Crippen LogP contribution < -0.4 is 16.2 Å². The molecule has 0 saturated heterocycles. The lowest BCUT2D eigenvalue weighted by atomic mass is 10.2. The van der Waals surface area contributed by atoms with Crippen LogP contribution in [0.3, 0.4) is 0 Å². The molecule has 0 aliphatic carbocycles. The zero-order valence-electron chi connectivity index (χ0n) is 10.8. The van der Waals surface area contributed by atoms with Gasteiger partial charge in [0.15, 0.2) is 5.96 Å². The van der Waals surface area contributed by atoms with Gasteiger partial charge in [-0.3, -0.25) is 4.98 Å². The van der Waals surface area contributed by atoms with E-state index < -0.39 is 16.2 Å². The van der Waals surface area contributed by atoms with Crippen LogP contribution in [0.25, 0.3) is 10.8 Å². The maximum absolute atomic E-state index is 12.4. The lowest BCUT2D eigenvalue weighted by Crippen LogP contribution is -2.35. The largest absolute Gasteiger partial charge is 0.370 e. The standard InChI is InChI=1S/C12H15N5O2S/c1-8(16-12(13)14)17-20(18,19)11-4-2-3-9-7-15-6-5-10(9)11/h2-8,17H,1H3,(H4,13,14,16). The number of pyridine rings is 1. The molecular formula is C12H15N5O2S. The molecular weight excluding hydrogens is 278 g/mol. The number of fused-ring (bicyclic) bond motifs is 1. The monoisotopic (exact) mass is 293 g/mol. The van der Waals surface area contributed by atoms with Crippen LogP contribution in [0.1, 0.15) is 6.92 Å². The minimum Gasteiger partial charge on any atom is -0.370 e. The summed E-state index contributed by atoms with van der Waals surface area (Å²) in [5.41, 5.74) is 10.5. The Morgan fingerprint density at radius 3 is 2.80 bits per heavy atom. The molecule has 0 amide bonds. The highest BCUT2D eigenvalue weighted by Gasteiger charge is 2.19. The molecule has 106 valence electrons. The van der Waals surface area contributed by atoms with Crippen molar-refractivity contribution >= 4 is 26.8 Å². The Kier molecular flexibility index (Phi) is 3.86. The number of hydrogen-bond donors (Lipinski definition) is 3. The summed E-state index contributed by atoms with van der Waals surface area (Å²) < 4.78 is 27.1. The van der Waals surface area contributed by atoms with E-state index in [1.807, 2.05) is 0 Å². The second-order valence-corrected chi connectivity index (χ2v) is 5.89. The van der Waals surface area contributed by atoms with Crippen molar-refractivity contribution in [3.8, 4) is 0 Å². The average Bonchev–Trinajstić information content (AvgIpc) is 2.36. The molecule has 2 rings (SSSR count). The Morgan fingerprint density at radius 1 is 1.35 bits per heavy atom. The number of nitrogens with zero attached hydrogens (tertiary/aromatic N) is 2. The fourth-order valence-electron chi connectivity index (χ4n) is 1.87. The van der Waals surface area contributed by atoms with Crippen molar-refractivity contribution in [2.75, 3.05) is 0 Å². The van der Waals surface area contributed by atoms with Crippen molar-refractivity contribution < 1.29 is 8.42 Å². The molecule has 0 aliphatic heterocycles. The lowest BCUT2D eigenvalue weighted by Gasteiger charge is -2.12. The highest BCUT2D eigenvalue weighted by Crippen LogP contribution is 2.21. The van der Waals surface area contributed by atoms with Crippen LogP contribution >= 0.6 is 0 Å². The summed E-state index contributed by atoms with van der Waals surface area (Å²) in [5.74, 6) is -0.178. The van der Waals surface area contributed by atoms with Gasteiger partial charge in [0, 0.05) is 23.2 Å². The molecule has 1 aromatic carbocycles. The summed E-state index contributed by atoms with van der Waals surface area (Å²) in [6.07, 6.45) is 2.40. The van der Waals surface area contributed by atoms with Crippen LogP contribution in [0.5, 0.6) is 0 Å². The number of hydrogen-bond acceptors (Lipinski definition) is 4. The Balaban J connectivity index is 2.45. The van der Waals surface area contributed by atoms with Gasteiger partial charge in [0.25, 0.3) is 0 Å². The first-order chi connectivity index (χ1) is 9.40. The number of benzene rings is 1. The Hall–Kier alpha value is -2.19. The van der Waals surface area contributed by atoms with E-state index in [9.17, 15) is 8.42 Å². The summed E-state index contributed by atoms with van der Waals surface area (Å²) in [7, 11) is -3.73. The van der Waals surface area contributed by atoms with E-state index in [0.29, 0.717) is 5.39 Å². The molecule has 1 aromatic heterocycles. The molecule has 1 unspecified atom stereocenters. The molecule has 0 bridgehead atoms. The molecule has 2 aromatic rings. The third-order valence-corrected chi connectivity index (χ3v) is 4.19. The van der Waals surface area contributed by atoms with Gasteiger partial charge in [-0.25, -0.2) is 13.4 Å². The van der Waals surface area contributed by atoms with E-state index in [4.69, 9.17) is 11.5 Å². The summed E-state index contributed by atoms with van der Waals surface area (Å²) in [5, 5.41) is 1.33. The zero-order chi connectivity index (χ0) is 14.8. The van der Waals surface area contributed by atoms with Crippen LogP contribution in [0.2, 0.25) is 0 Å². The van der Waals surface area contributed by atoms with Gasteiger partial charge in [0.05, 0.1) is 4.90 Å². The third kappa shape index (κ3) is 3.03. The maximum atomic E-state index is 12.4. The second kappa shape index (κ2) is 5.43. The van der Waals surface area contributed by atoms with Gasteiger partial charge in [-0.05, 0) is 19.1 Å². The smallest absolute Gasteiger partial charge is 0.242 e. The second-order valence-electron chi connectivity index (χ2n) is 4.20.